The van der Waals surface area contributed by atoms with Crippen LogP contribution in [0.2, 0.25) is 0 Å². The lowest BCUT2D eigenvalue weighted by molar-refractivity contribution is 0.108. The van der Waals surface area contributed by atoms with E-state index < -0.39 is 6.10 Å². The van der Waals surface area contributed by atoms with Crippen molar-refractivity contribution in [2.45, 2.75) is 20.0 Å². The molecule has 23 heavy (non-hydrogen) atoms. The molecule has 5 heteroatoms. The van der Waals surface area contributed by atoms with Gasteiger partial charge in [0.05, 0.1) is 0 Å². The van der Waals surface area contributed by atoms with Crippen LogP contribution in [0.3, 0.4) is 0 Å². The number of rotatable bonds is 6. The van der Waals surface area contributed by atoms with Crippen molar-refractivity contribution in [1.82, 2.24) is 5.32 Å². The number of nitrogens with one attached hydrogen (secondary N) is 2. The first-order valence-electron chi connectivity index (χ1n) is 7.52. The Morgan fingerprint density at radius 2 is 1.91 bits per heavy atom. The van der Waals surface area contributed by atoms with E-state index in [-0.39, 0.29) is 19.2 Å². The van der Waals surface area contributed by atoms with Gasteiger partial charge < -0.3 is 20.5 Å². The largest absolute Gasteiger partial charge is 0.491 e. The van der Waals surface area contributed by atoms with Gasteiger partial charge in [-0.25, -0.2) is 4.79 Å². The minimum atomic E-state index is -0.778. The van der Waals surface area contributed by atoms with Crippen LogP contribution in [0, 0.1) is 13.8 Å². The molecule has 122 valence electrons. The molecule has 2 amide bonds. The van der Waals surface area contributed by atoms with E-state index in [1.807, 2.05) is 62.4 Å². The molecule has 2 aromatic carbocycles. The number of amides is 2. The second kappa shape index (κ2) is 8.19. The van der Waals surface area contributed by atoms with E-state index in [2.05, 4.69) is 10.6 Å². The molecule has 0 bridgehead atoms. The minimum Gasteiger partial charge on any atom is -0.491 e. The number of para-hydroxylation sites is 1. The highest BCUT2D eigenvalue weighted by Crippen LogP contribution is 2.15. The van der Waals surface area contributed by atoms with Gasteiger partial charge in [0.2, 0.25) is 0 Å². The van der Waals surface area contributed by atoms with Gasteiger partial charge in [0.25, 0.3) is 0 Å². The highest BCUT2D eigenvalue weighted by Gasteiger charge is 2.09. The summed E-state index contributed by atoms with van der Waals surface area (Å²) in [7, 11) is 0. The lowest BCUT2D eigenvalue weighted by atomic mass is 10.1. The third kappa shape index (κ3) is 5.64. The maximum atomic E-state index is 11.9. The summed E-state index contributed by atoms with van der Waals surface area (Å²) in [5.74, 6) is 0.686. The Balaban J connectivity index is 1.73. The van der Waals surface area contributed by atoms with E-state index >= 15 is 0 Å². The predicted molar refractivity (Wildman–Crippen MR) is 90.9 cm³/mol. The number of hydrogen-bond donors (Lipinski definition) is 3. The van der Waals surface area contributed by atoms with Crippen molar-refractivity contribution < 1.29 is 14.6 Å². The number of aliphatic hydroxyl groups is 1. The van der Waals surface area contributed by atoms with Crippen LogP contribution in [0.1, 0.15) is 11.1 Å². The smallest absolute Gasteiger partial charge is 0.319 e. The molecule has 0 aliphatic carbocycles. The molecule has 0 aliphatic rings. The first-order valence-corrected chi connectivity index (χ1v) is 7.52. The molecule has 0 heterocycles. The maximum Gasteiger partial charge on any atom is 0.319 e. The molecule has 0 saturated carbocycles. The fourth-order valence-electron chi connectivity index (χ4n) is 2.10. The first kappa shape index (κ1) is 16.8. The summed E-state index contributed by atoms with van der Waals surface area (Å²) < 4.78 is 5.43. The Labute approximate surface area is 136 Å². The summed E-state index contributed by atoms with van der Waals surface area (Å²) in [6, 6.07) is 14.7. The van der Waals surface area contributed by atoms with Gasteiger partial charge in [-0.05, 0) is 37.6 Å². The summed E-state index contributed by atoms with van der Waals surface area (Å²) in [4.78, 5) is 11.9. The Morgan fingerprint density at radius 3 is 2.61 bits per heavy atom. The van der Waals surface area contributed by atoms with Crippen LogP contribution >= 0.6 is 0 Å². The molecule has 0 radical (unpaired) electrons. The molecule has 2 aromatic rings. The highest BCUT2D eigenvalue weighted by molar-refractivity contribution is 5.90. The zero-order valence-electron chi connectivity index (χ0n) is 13.4. The fourth-order valence-corrected chi connectivity index (χ4v) is 2.10. The highest BCUT2D eigenvalue weighted by atomic mass is 16.5. The van der Waals surface area contributed by atoms with Crippen LogP contribution in [0.5, 0.6) is 5.75 Å². The number of carbonyl (C=O) groups is 1. The van der Waals surface area contributed by atoms with Crippen LogP contribution in [-0.2, 0) is 0 Å². The fraction of sp³-hybridized carbons (Fsp3) is 0.278. The lowest BCUT2D eigenvalue weighted by Gasteiger charge is -2.14. The number of anilines is 1. The monoisotopic (exact) mass is 314 g/mol. The molecule has 5 nitrogen and oxygen atoms in total. The Morgan fingerprint density at radius 1 is 1.17 bits per heavy atom. The maximum absolute atomic E-state index is 11.9. The van der Waals surface area contributed by atoms with Gasteiger partial charge in [-0.2, -0.15) is 0 Å². The number of benzene rings is 2. The van der Waals surface area contributed by atoms with Crippen molar-refractivity contribution in [2.24, 2.45) is 0 Å². The quantitative estimate of drug-likeness (QED) is 0.768. The third-order valence-corrected chi connectivity index (χ3v) is 3.31. The number of aliphatic hydroxyl groups excluding tert-OH is 1. The van der Waals surface area contributed by atoms with E-state index in [4.69, 9.17) is 4.74 Å². The molecule has 0 spiro atoms. The summed E-state index contributed by atoms with van der Waals surface area (Å²) >= 11 is 0. The second-order valence-corrected chi connectivity index (χ2v) is 5.43. The molecule has 0 aliphatic heterocycles. The van der Waals surface area contributed by atoms with Crippen LogP contribution in [0.25, 0.3) is 0 Å². The van der Waals surface area contributed by atoms with Crippen LogP contribution < -0.4 is 15.4 Å². The van der Waals surface area contributed by atoms with E-state index in [0.29, 0.717) is 5.75 Å². The zero-order chi connectivity index (χ0) is 16.7. The van der Waals surface area contributed by atoms with E-state index in [1.54, 1.807) is 0 Å². The van der Waals surface area contributed by atoms with Gasteiger partial charge in [0.1, 0.15) is 18.5 Å². The molecule has 0 unspecified atom stereocenters. The average molecular weight is 314 g/mol. The Kier molecular flexibility index (Phi) is 6.00. The van der Waals surface area contributed by atoms with Crippen molar-refractivity contribution in [1.29, 1.82) is 0 Å². The summed E-state index contributed by atoms with van der Waals surface area (Å²) in [5, 5.41) is 15.2. The van der Waals surface area contributed by atoms with E-state index in [0.717, 1.165) is 16.8 Å². The zero-order valence-corrected chi connectivity index (χ0v) is 13.4. The molecule has 2 rings (SSSR count). The van der Waals surface area contributed by atoms with Crippen molar-refractivity contribution in [3.05, 3.63) is 59.7 Å². The number of ether oxygens (including phenoxy) is 1. The SMILES string of the molecule is Cc1ccc(NC(=O)NC[C@H](O)COc2ccccc2)c(C)c1. The summed E-state index contributed by atoms with van der Waals surface area (Å²) in [6.07, 6.45) is -0.778. The van der Waals surface area contributed by atoms with Gasteiger partial charge in [0, 0.05) is 12.2 Å². The van der Waals surface area contributed by atoms with Gasteiger partial charge in [-0.1, -0.05) is 35.9 Å². The van der Waals surface area contributed by atoms with Crippen molar-refractivity contribution in [3.63, 3.8) is 0 Å². The van der Waals surface area contributed by atoms with Crippen LogP contribution in [0.15, 0.2) is 48.5 Å². The molecule has 0 fully saturated rings. The summed E-state index contributed by atoms with van der Waals surface area (Å²) in [5.41, 5.74) is 2.89. The Bertz CT molecular complexity index is 644. The van der Waals surface area contributed by atoms with Crippen molar-refractivity contribution in [3.8, 4) is 5.75 Å². The number of aryl methyl sites for hydroxylation is 2. The molecule has 0 saturated heterocycles. The lowest BCUT2D eigenvalue weighted by Crippen LogP contribution is -2.37. The van der Waals surface area contributed by atoms with Crippen molar-refractivity contribution in [2.75, 3.05) is 18.5 Å². The summed E-state index contributed by atoms with van der Waals surface area (Å²) in [6.45, 7) is 4.17. The van der Waals surface area contributed by atoms with Gasteiger partial charge in [-0.3, -0.25) is 0 Å². The third-order valence-electron chi connectivity index (χ3n) is 3.31. The Hall–Kier alpha value is -2.53. The van der Waals surface area contributed by atoms with Gasteiger partial charge >= 0.3 is 6.03 Å². The first-order chi connectivity index (χ1) is 11.0. The van der Waals surface area contributed by atoms with Gasteiger partial charge in [0.15, 0.2) is 0 Å². The van der Waals surface area contributed by atoms with E-state index in [9.17, 15) is 9.90 Å². The number of urea groups is 1. The predicted octanol–water partition coefficient (Wildman–Crippen LogP) is 2.86. The molecule has 3 N–H and O–H groups in total. The second-order valence-electron chi connectivity index (χ2n) is 5.43. The molecular weight excluding hydrogens is 292 g/mol. The standard InChI is InChI=1S/C18H22N2O3/c1-13-8-9-17(14(2)10-13)20-18(22)19-11-15(21)12-23-16-6-4-3-5-7-16/h3-10,15,21H,11-12H2,1-2H3,(H2,19,20,22)/t15-/m0/s1. The number of carbonyl (C=O) groups excluding carboxylic acids is 1. The molecule has 0 aromatic heterocycles. The molecule has 1 atom stereocenters. The van der Waals surface area contributed by atoms with Crippen molar-refractivity contribution >= 4 is 11.7 Å². The van der Waals surface area contributed by atoms with E-state index in [1.165, 1.54) is 0 Å². The van der Waals surface area contributed by atoms with Gasteiger partial charge in [-0.15, -0.1) is 0 Å². The van der Waals surface area contributed by atoms with Crippen LogP contribution in [-0.4, -0.2) is 30.4 Å². The van der Waals surface area contributed by atoms with Crippen LogP contribution in [0.4, 0.5) is 10.5 Å². The molecular formula is C18H22N2O3. The normalized spacial score (nSPS) is 11.6. The minimum absolute atomic E-state index is 0.115. The average Bonchev–Trinajstić information content (AvgIpc) is 2.54. The topological polar surface area (TPSA) is 70.6 Å². The number of hydrogen-bond acceptors (Lipinski definition) is 3.